The first kappa shape index (κ1) is 9.73. The van der Waals surface area contributed by atoms with Crippen LogP contribution in [0.5, 0.6) is 0 Å². The van der Waals surface area contributed by atoms with Gasteiger partial charge in [0.2, 0.25) is 0 Å². The monoisotopic (exact) mass is 272 g/mol. The van der Waals surface area contributed by atoms with Crippen molar-refractivity contribution in [2.75, 3.05) is 11.9 Å². The number of nitrogens with one attached hydrogen (secondary N) is 1. The summed E-state index contributed by atoms with van der Waals surface area (Å²) < 4.78 is 6.09. The smallest absolute Gasteiger partial charge is 0.183 e. The lowest BCUT2D eigenvalue weighted by molar-refractivity contribution is 0.513. The Bertz CT molecular complexity index is 385. The first-order valence-corrected chi connectivity index (χ1v) is 5.89. The van der Waals surface area contributed by atoms with Crippen LogP contribution in [0.15, 0.2) is 32.8 Å². The van der Waals surface area contributed by atoms with Crippen LogP contribution in [0.2, 0.25) is 0 Å². The molecule has 0 aliphatic carbocycles. The second-order valence-corrected chi connectivity index (χ2v) is 4.40. The molecule has 2 heterocycles. The molecule has 0 saturated carbocycles. The van der Waals surface area contributed by atoms with Gasteiger partial charge in [-0.15, -0.1) is 11.3 Å². The molecule has 0 atom stereocenters. The van der Waals surface area contributed by atoms with Gasteiger partial charge in [0, 0.05) is 18.3 Å². The van der Waals surface area contributed by atoms with E-state index in [9.17, 15) is 0 Å². The molecule has 0 unspecified atom stereocenters. The van der Waals surface area contributed by atoms with Gasteiger partial charge in [-0.3, -0.25) is 0 Å². The van der Waals surface area contributed by atoms with Crippen LogP contribution in [-0.4, -0.2) is 11.5 Å². The highest BCUT2D eigenvalue weighted by atomic mass is 79.9. The van der Waals surface area contributed by atoms with E-state index in [2.05, 4.69) is 26.2 Å². The molecule has 0 radical (unpaired) electrons. The second kappa shape index (κ2) is 4.61. The van der Waals surface area contributed by atoms with Crippen molar-refractivity contribution in [3.8, 4) is 0 Å². The molecule has 5 heteroatoms. The van der Waals surface area contributed by atoms with Crippen molar-refractivity contribution in [3.63, 3.8) is 0 Å². The standard InChI is InChI=1S/C9H9BrN2OS/c10-8-6-14-9(12-8)11-4-3-7-2-1-5-13-7/h1-2,5-6H,3-4H2,(H,11,12). The SMILES string of the molecule is Brc1csc(NCCc2ccco2)n1. The number of furan rings is 1. The van der Waals surface area contributed by atoms with Gasteiger partial charge < -0.3 is 9.73 Å². The minimum absolute atomic E-state index is 0.841. The molecular weight excluding hydrogens is 264 g/mol. The molecule has 0 aliphatic heterocycles. The van der Waals surface area contributed by atoms with Crippen molar-refractivity contribution in [2.24, 2.45) is 0 Å². The van der Waals surface area contributed by atoms with Crippen LogP contribution >= 0.6 is 27.3 Å². The maximum atomic E-state index is 5.21. The van der Waals surface area contributed by atoms with Crippen molar-refractivity contribution >= 4 is 32.4 Å². The van der Waals surface area contributed by atoms with Gasteiger partial charge in [-0.05, 0) is 28.1 Å². The summed E-state index contributed by atoms with van der Waals surface area (Å²) in [7, 11) is 0. The molecule has 0 aliphatic rings. The number of anilines is 1. The molecule has 2 aromatic rings. The molecule has 3 nitrogen and oxygen atoms in total. The predicted molar refractivity (Wildman–Crippen MR) is 60.7 cm³/mol. The topological polar surface area (TPSA) is 38.1 Å². The molecule has 2 aromatic heterocycles. The highest BCUT2D eigenvalue weighted by molar-refractivity contribution is 9.10. The summed E-state index contributed by atoms with van der Waals surface area (Å²) >= 11 is 4.89. The van der Waals surface area contributed by atoms with Crippen molar-refractivity contribution in [1.29, 1.82) is 0 Å². The van der Waals surface area contributed by atoms with Gasteiger partial charge in [0.1, 0.15) is 10.4 Å². The van der Waals surface area contributed by atoms with Gasteiger partial charge in [0.15, 0.2) is 5.13 Å². The number of hydrogen-bond donors (Lipinski definition) is 1. The lowest BCUT2D eigenvalue weighted by atomic mass is 10.3. The van der Waals surface area contributed by atoms with Crippen LogP contribution < -0.4 is 5.32 Å². The van der Waals surface area contributed by atoms with E-state index in [1.807, 2.05) is 17.5 Å². The quantitative estimate of drug-likeness (QED) is 0.929. The van der Waals surface area contributed by atoms with Crippen LogP contribution in [0.4, 0.5) is 5.13 Å². The number of rotatable bonds is 4. The summed E-state index contributed by atoms with van der Waals surface area (Å²) in [6.07, 6.45) is 2.57. The van der Waals surface area contributed by atoms with Gasteiger partial charge in [-0.25, -0.2) is 4.98 Å². The van der Waals surface area contributed by atoms with E-state index in [-0.39, 0.29) is 0 Å². The molecule has 0 spiro atoms. The Morgan fingerprint density at radius 3 is 3.14 bits per heavy atom. The van der Waals surface area contributed by atoms with Crippen LogP contribution in [0.3, 0.4) is 0 Å². The Morgan fingerprint density at radius 2 is 2.50 bits per heavy atom. The summed E-state index contributed by atoms with van der Waals surface area (Å²) in [6.45, 7) is 0.841. The summed E-state index contributed by atoms with van der Waals surface area (Å²) in [5, 5.41) is 6.11. The van der Waals surface area contributed by atoms with E-state index in [1.54, 1.807) is 17.6 Å². The van der Waals surface area contributed by atoms with Gasteiger partial charge in [-0.2, -0.15) is 0 Å². The average Bonchev–Trinajstić information content (AvgIpc) is 2.77. The number of aromatic nitrogens is 1. The molecule has 0 fully saturated rings. The Labute approximate surface area is 94.3 Å². The van der Waals surface area contributed by atoms with Crippen LogP contribution in [0, 0.1) is 0 Å². The first-order chi connectivity index (χ1) is 6.84. The summed E-state index contributed by atoms with van der Waals surface area (Å²) in [4.78, 5) is 4.22. The maximum Gasteiger partial charge on any atom is 0.183 e. The number of halogens is 1. The van der Waals surface area contributed by atoms with E-state index in [4.69, 9.17) is 4.42 Å². The van der Waals surface area contributed by atoms with Gasteiger partial charge >= 0.3 is 0 Å². The third-order valence-electron chi connectivity index (χ3n) is 1.70. The Balaban J connectivity index is 1.78. The molecular formula is C9H9BrN2OS. The summed E-state index contributed by atoms with van der Waals surface area (Å²) in [5.74, 6) is 0.994. The fourth-order valence-electron chi connectivity index (χ4n) is 1.08. The first-order valence-electron chi connectivity index (χ1n) is 4.22. The zero-order valence-electron chi connectivity index (χ0n) is 7.37. The van der Waals surface area contributed by atoms with Gasteiger partial charge in [0.05, 0.1) is 6.26 Å². The molecule has 0 aromatic carbocycles. The molecule has 0 saturated heterocycles. The van der Waals surface area contributed by atoms with E-state index in [1.165, 1.54) is 0 Å². The lowest BCUT2D eigenvalue weighted by Crippen LogP contribution is -2.03. The predicted octanol–water partition coefficient (Wildman–Crippen LogP) is 3.15. The summed E-state index contributed by atoms with van der Waals surface area (Å²) in [5.41, 5.74) is 0. The number of hydrogen-bond acceptors (Lipinski definition) is 4. The van der Waals surface area contributed by atoms with Crippen molar-refractivity contribution in [3.05, 3.63) is 34.1 Å². The van der Waals surface area contributed by atoms with Gasteiger partial charge in [0.25, 0.3) is 0 Å². The molecule has 74 valence electrons. The highest BCUT2D eigenvalue weighted by Gasteiger charge is 1.99. The molecule has 14 heavy (non-hydrogen) atoms. The van der Waals surface area contributed by atoms with Crippen LogP contribution in [0.1, 0.15) is 5.76 Å². The third-order valence-corrected chi connectivity index (χ3v) is 3.21. The largest absolute Gasteiger partial charge is 0.469 e. The zero-order valence-corrected chi connectivity index (χ0v) is 9.77. The second-order valence-electron chi connectivity index (χ2n) is 2.73. The Morgan fingerprint density at radius 1 is 1.57 bits per heavy atom. The highest BCUT2D eigenvalue weighted by Crippen LogP contribution is 2.19. The Hall–Kier alpha value is -0.810. The van der Waals surface area contributed by atoms with E-state index in [0.29, 0.717) is 0 Å². The van der Waals surface area contributed by atoms with Gasteiger partial charge in [-0.1, -0.05) is 0 Å². The lowest BCUT2D eigenvalue weighted by Gasteiger charge is -1.99. The van der Waals surface area contributed by atoms with E-state index >= 15 is 0 Å². The molecule has 0 amide bonds. The van der Waals surface area contributed by atoms with E-state index < -0.39 is 0 Å². The van der Waals surface area contributed by atoms with Crippen LogP contribution in [0.25, 0.3) is 0 Å². The van der Waals surface area contributed by atoms with Crippen molar-refractivity contribution in [1.82, 2.24) is 4.98 Å². The van der Waals surface area contributed by atoms with E-state index in [0.717, 1.165) is 28.5 Å². The number of thiazole rings is 1. The normalized spacial score (nSPS) is 10.4. The number of nitrogens with zero attached hydrogens (tertiary/aromatic N) is 1. The van der Waals surface area contributed by atoms with Crippen molar-refractivity contribution < 1.29 is 4.42 Å². The minimum atomic E-state index is 0.841. The molecule has 1 N–H and O–H groups in total. The fraction of sp³-hybridized carbons (Fsp3) is 0.222. The average molecular weight is 273 g/mol. The minimum Gasteiger partial charge on any atom is -0.469 e. The van der Waals surface area contributed by atoms with Crippen LogP contribution in [-0.2, 0) is 6.42 Å². The third kappa shape index (κ3) is 2.59. The van der Waals surface area contributed by atoms with Crippen molar-refractivity contribution in [2.45, 2.75) is 6.42 Å². The fourth-order valence-corrected chi connectivity index (χ4v) is 2.26. The summed E-state index contributed by atoms with van der Waals surface area (Å²) in [6, 6.07) is 3.87. The maximum absolute atomic E-state index is 5.21. The Kier molecular flexibility index (Phi) is 3.21. The molecule has 0 bridgehead atoms. The zero-order chi connectivity index (χ0) is 9.80. The molecule has 2 rings (SSSR count).